The fourth-order valence-electron chi connectivity index (χ4n) is 6.90. The molecule has 9 rings (SSSR count). The smallest absolute Gasteiger partial charge is 0.161 e. The third-order valence-electron chi connectivity index (χ3n) is 8.77. The highest BCUT2D eigenvalue weighted by molar-refractivity contribution is 6.27. The van der Waals surface area contributed by atoms with Gasteiger partial charge in [0.1, 0.15) is 17.0 Å². The zero-order valence-electron chi connectivity index (χ0n) is 22.7. The average molecular weight is 528 g/mol. The van der Waals surface area contributed by atoms with E-state index >= 15 is 0 Å². The first-order valence-corrected chi connectivity index (χ1v) is 14.0. The van der Waals surface area contributed by atoms with Crippen molar-refractivity contribution in [1.82, 2.24) is 14.5 Å². The van der Waals surface area contributed by atoms with Gasteiger partial charge in [-0.25, -0.2) is 9.97 Å². The van der Waals surface area contributed by atoms with Crippen molar-refractivity contribution < 1.29 is 4.42 Å². The maximum absolute atomic E-state index is 6.31. The fourth-order valence-corrected chi connectivity index (χ4v) is 6.90. The first-order valence-electron chi connectivity index (χ1n) is 14.0. The molecule has 0 atom stereocenters. The maximum Gasteiger partial charge on any atom is 0.161 e. The van der Waals surface area contributed by atoms with E-state index in [0.29, 0.717) is 0 Å². The van der Waals surface area contributed by atoms with E-state index in [2.05, 4.69) is 103 Å². The number of nitrogens with zero attached hydrogens (tertiary/aromatic N) is 3. The second-order valence-electron chi connectivity index (χ2n) is 11.4. The molecule has 194 valence electrons. The molecule has 0 saturated carbocycles. The molecule has 3 heterocycles. The molecule has 3 aromatic heterocycles. The normalized spacial score (nSPS) is 13.8. The fraction of sp³-hybridized carbons (Fsp3) is 0.0811. The van der Waals surface area contributed by atoms with E-state index < -0.39 is 0 Å². The number of rotatable bonds is 2. The molecule has 0 aliphatic heterocycles. The molecule has 0 spiro atoms. The quantitative estimate of drug-likeness (QED) is 0.225. The lowest BCUT2D eigenvalue weighted by atomic mass is 9.85. The van der Waals surface area contributed by atoms with Crippen LogP contribution in [0.15, 0.2) is 120 Å². The summed E-state index contributed by atoms with van der Waals surface area (Å²) in [6.45, 7) is 4.55. The number of furan rings is 1. The second kappa shape index (κ2) is 7.92. The van der Waals surface area contributed by atoms with Crippen LogP contribution in [-0.4, -0.2) is 14.5 Å². The van der Waals surface area contributed by atoms with Crippen molar-refractivity contribution in [3.63, 3.8) is 0 Å². The Balaban J connectivity index is 1.49. The molecule has 41 heavy (non-hydrogen) atoms. The lowest BCUT2D eigenvalue weighted by Crippen LogP contribution is -2.18. The van der Waals surface area contributed by atoms with Gasteiger partial charge in [0.05, 0.1) is 16.7 Å². The summed E-state index contributed by atoms with van der Waals surface area (Å²) >= 11 is 0. The van der Waals surface area contributed by atoms with Gasteiger partial charge in [-0.3, -0.25) is 4.57 Å². The Kier molecular flexibility index (Phi) is 4.36. The number of benzene rings is 5. The van der Waals surface area contributed by atoms with Crippen molar-refractivity contribution in [3.8, 4) is 28.3 Å². The molecule has 4 nitrogen and oxygen atoms in total. The van der Waals surface area contributed by atoms with Crippen LogP contribution in [0.2, 0.25) is 0 Å². The Morgan fingerprint density at radius 1 is 0.610 bits per heavy atom. The molecule has 0 N–H and O–H groups in total. The largest absolute Gasteiger partial charge is 0.456 e. The van der Waals surface area contributed by atoms with Crippen LogP contribution in [0.5, 0.6) is 0 Å². The van der Waals surface area contributed by atoms with E-state index in [1.807, 2.05) is 30.3 Å². The molecule has 0 fully saturated rings. The Labute approximate surface area is 236 Å². The minimum atomic E-state index is -0.264. The molecule has 0 unspecified atom stereocenters. The van der Waals surface area contributed by atoms with Crippen molar-refractivity contribution in [2.45, 2.75) is 19.3 Å². The van der Waals surface area contributed by atoms with Crippen LogP contribution in [0.1, 0.15) is 25.1 Å². The van der Waals surface area contributed by atoms with Gasteiger partial charge in [-0.2, -0.15) is 0 Å². The van der Waals surface area contributed by atoms with Crippen LogP contribution in [-0.2, 0) is 5.41 Å². The number of fused-ring (bicyclic) bond motifs is 10. The number of hydrogen-bond acceptors (Lipinski definition) is 3. The van der Waals surface area contributed by atoms with Crippen LogP contribution in [0.3, 0.4) is 0 Å². The molecule has 0 bridgehead atoms. The highest BCUT2D eigenvalue weighted by Crippen LogP contribution is 2.51. The van der Waals surface area contributed by atoms with E-state index in [1.54, 1.807) is 0 Å². The second-order valence-corrected chi connectivity index (χ2v) is 11.4. The minimum absolute atomic E-state index is 0.264. The molecule has 0 saturated heterocycles. The van der Waals surface area contributed by atoms with Gasteiger partial charge in [-0.05, 0) is 35.4 Å². The number of para-hydroxylation sites is 2. The van der Waals surface area contributed by atoms with Gasteiger partial charge in [0.2, 0.25) is 0 Å². The predicted molar refractivity (Wildman–Crippen MR) is 167 cm³/mol. The molecule has 1 aliphatic rings. The topological polar surface area (TPSA) is 43.9 Å². The summed E-state index contributed by atoms with van der Waals surface area (Å²) in [7, 11) is 0. The van der Waals surface area contributed by atoms with Crippen molar-refractivity contribution in [1.29, 1.82) is 0 Å². The molecule has 0 amide bonds. The SMILES string of the molecule is CC1(C)c2ccccc2-c2c(-n3c4ccccc4c4c5c(ccc43)oc3ccccc35)nc(-c3ccccc3)nc21. The van der Waals surface area contributed by atoms with Gasteiger partial charge in [-0.15, -0.1) is 0 Å². The summed E-state index contributed by atoms with van der Waals surface area (Å²) in [5.41, 5.74) is 9.39. The first-order chi connectivity index (χ1) is 20.1. The van der Waals surface area contributed by atoms with Crippen molar-refractivity contribution >= 4 is 43.7 Å². The Morgan fingerprint density at radius 2 is 1.34 bits per heavy atom. The van der Waals surface area contributed by atoms with Crippen molar-refractivity contribution in [2.24, 2.45) is 0 Å². The molecule has 5 aromatic carbocycles. The van der Waals surface area contributed by atoms with E-state index in [9.17, 15) is 0 Å². The summed E-state index contributed by atoms with van der Waals surface area (Å²) < 4.78 is 8.66. The van der Waals surface area contributed by atoms with Gasteiger partial charge < -0.3 is 4.42 Å². The van der Waals surface area contributed by atoms with Gasteiger partial charge in [0.25, 0.3) is 0 Å². The summed E-state index contributed by atoms with van der Waals surface area (Å²) in [5.74, 6) is 1.64. The maximum atomic E-state index is 6.31. The molecule has 0 radical (unpaired) electrons. The Morgan fingerprint density at radius 3 is 2.22 bits per heavy atom. The summed E-state index contributed by atoms with van der Waals surface area (Å²) in [4.78, 5) is 10.6. The van der Waals surface area contributed by atoms with E-state index in [-0.39, 0.29) is 5.41 Å². The Bertz CT molecular complexity index is 2340. The van der Waals surface area contributed by atoms with Crippen molar-refractivity contribution in [3.05, 3.63) is 127 Å². The Hall–Kier alpha value is -5.22. The van der Waals surface area contributed by atoms with Gasteiger partial charge in [0.15, 0.2) is 5.82 Å². The van der Waals surface area contributed by atoms with Crippen LogP contribution < -0.4 is 0 Å². The van der Waals surface area contributed by atoms with Gasteiger partial charge >= 0.3 is 0 Å². The third kappa shape index (κ3) is 2.94. The average Bonchev–Trinajstić information content (AvgIpc) is 3.63. The summed E-state index contributed by atoms with van der Waals surface area (Å²) in [6, 6.07) is 40.2. The zero-order valence-corrected chi connectivity index (χ0v) is 22.7. The standard InChI is InChI=1S/C37H25N3O/c1-37(2)26-17-9-6-14-23(26)33-34(37)38-35(22-12-4-3-5-13-22)39-36(33)40-27-18-10-7-15-24(27)31-28(40)20-21-30-32(31)25-16-8-11-19-29(25)41-30/h3-21H,1-2H3. The lowest BCUT2D eigenvalue weighted by molar-refractivity contribution is 0.635. The first kappa shape index (κ1) is 22.6. The van der Waals surface area contributed by atoms with Gasteiger partial charge in [-0.1, -0.05) is 105 Å². The lowest BCUT2D eigenvalue weighted by Gasteiger charge is -2.21. The van der Waals surface area contributed by atoms with Crippen LogP contribution in [0.25, 0.3) is 72.1 Å². The molecule has 1 aliphatic carbocycles. The van der Waals surface area contributed by atoms with Crippen molar-refractivity contribution in [2.75, 3.05) is 0 Å². The summed E-state index contributed by atoms with van der Waals surface area (Å²) in [6.07, 6.45) is 0. The predicted octanol–water partition coefficient (Wildman–Crippen LogP) is 9.45. The van der Waals surface area contributed by atoms with E-state index in [0.717, 1.165) is 61.4 Å². The summed E-state index contributed by atoms with van der Waals surface area (Å²) in [5, 5.41) is 4.63. The van der Waals surface area contributed by atoms with E-state index in [1.165, 1.54) is 21.9 Å². The molecular formula is C37H25N3O. The molecular weight excluding hydrogens is 502 g/mol. The molecule has 8 aromatic rings. The van der Waals surface area contributed by atoms with Crippen LogP contribution in [0.4, 0.5) is 0 Å². The zero-order chi connectivity index (χ0) is 27.3. The van der Waals surface area contributed by atoms with E-state index in [4.69, 9.17) is 14.4 Å². The highest BCUT2D eigenvalue weighted by Gasteiger charge is 2.40. The van der Waals surface area contributed by atoms with Crippen LogP contribution in [0, 0.1) is 0 Å². The minimum Gasteiger partial charge on any atom is -0.456 e. The number of hydrogen-bond donors (Lipinski definition) is 0. The number of aromatic nitrogens is 3. The highest BCUT2D eigenvalue weighted by atomic mass is 16.3. The third-order valence-corrected chi connectivity index (χ3v) is 8.77. The van der Waals surface area contributed by atoms with Crippen LogP contribution >= 0.6 is 0 Å². The molecule has 4 heteroatoms. The van der Waals surface area contributed by atoms with Gasteiger partial charge in [0, 0.05) is 38.1 Å². The monoisotopic (exact) mass is 527 g/mol.